The quantitative estimate of drug-likeness (QED) is 0.593. The number of methoxy groups -OCH3 is 1. The number of hydrogen-bond acceptors (Lipinski definition) is 5. The lowest BCUT2D eigenvalue weighted by Gasteiger charge is -2.12. The SMILES string of the molecule is COCCOCCOCCOc1ccc(C)cc1CCN. The Morgan fingerprint density at radius 1 is 0.952 bits per heavy atom. The van der Waals surface area contributed by atoms with Crippen LogP contribution in [-0.4, -0.2) is 53.3 Å². The summed E-state index contributed by atoms with van der Waals surface area (Å²) >= 11 is 0. The maximum absolute atomic E-state index is 5.75. The number of aryl methyl sites for hydroxylation is 1. The first-order chi connectivity index (χ1) is 10.3. The summed E-state index contributed by atoms with van der Waals surface area (Å²) in [5, 5.41) is 0. The maximum atomic E-state index is 5.75. The molecule has 0 aliphatic carbocycles. The van der Waals surface area contributed by atoms with Gasteiger partial charge in [0.1, 0.15) is 12.4 Å². The standard InChI is InChI=1S/C16H27NO4/c1-14-3-4-16(15(13-14)5-6-17)21-12-11-20-10-9-19-8-7-18-2/h3-4,13H,5-12,17H2,1-2H3. The molecule has 0 aliphatic heterocycles. The minimum Gasteiger partial charge on any atom is -0.491 e. The summed E-state index contributed by atoms with van der Waals surface area (Å²) in [6.45, 7) is 6.11. The largest absolute Gasteiger partial charge is 0.491 e. The molecule has 1 aromatic carbocycles. The third-order valence-electron chi connectivity index (χ3n) is 2.92. The number of rotatable bonds is 12. The molecule has 2 N–H and O–H groups in total. The highest BCUT2D eigenvalue weighted by molar-refractivity contribution is 5.37. The number of hydrogen-bond donors (Lipinski definition) is 1. The van der Waals surface area contributed by atoms with Crippen molar-refractivity contribution in [3.63, 3.8) is 0 Å². The fraction of sp³-hybridized carbons (Fsp3) is 0.625. The number of benzene rings is 1. The van der Waals surface area contributed by atoms with E-state index >= 15 is 0 Å². The predicted octanol–water partition coefficient (Wildman–Crippen LogP) is 1.55. The van der Waals surface area contributed by atoms with E-state index in [9.17, 15) is 0 Å². The molecule has 0 spiro atoms. The first-order valence-corrected chi connectivity index (χ1v) is 7.34. The Hall–Kier alpha value is -1.14. The lowest BCUT2D eigenvalue weighted by molar-refractivity contribution is 0.0179. The van der Waals surface area contributed by atoms with Gasteiger partial charge in [-0.05, 0) is 31.5 Å². The van der Waals surface area contributed by atoms with Crippen LogP contribution in [0.5, 0.6) is 5.75 Å². The van der Waals surface area contributed by atoms with E-state index in [0.29, 0.717) is 46.2 Å². The second-order valence-corrected chi connectivity index (χ2v) is 4.72. The van der Waals surface area contributed by atoms with Crippen LogP contribution in [0.3, 0.4) is 0 Å². The van der Waals surface area contributed by atoms with E-state index in [4.69, 9.17) is 24.7 Å². The highest BCUT2D eigenvalue weighted by Gasteiger charge is 2.03. The van der Waals surface area contributed by atoms with Gasteiger partial charge in [-0.1, -0.05) is 17.7 Å². The van der Waals surface area contributed by atoms with Gasteiger partial charge in [0, 0.05) is 7.11 Å². The fourth-order valence-corrected chi connectivity index (χ4v) is 1.87. The molecule has 1 rings (SSSR count). The molecule has 0 bridgehead atoms. The van der Waals surface area contributed by atoms with Crippen LogP contribution in [0.4, 0.5) is 0 Å². The Bertz CT molecular complexity index is 385. The Morgan fingerprint density at radius 3 is 2.29 bits per heavy atom. The van der Waals surface area contributed by atoms with Gasteiger partial charge in [0.15, 0.2) is 0 Å². The van der Waals surface area contributed by atoms with E-state index in [1.54, 1.807) is 7.11 Å². The third-order valence-corrected chi connectivity index (χ3v) is 2.92. The first-order valence-electron chi connectivity index (χ1n) is 7.34. The molecular weight excluding hydrogens is 270 g/mol. The molecule has 5 nitrogen and oxygen atoms in total. The predicted molar refractivity (Wildman–Crippen MR) is 82.9 cm³/mol. The molecule has 0 saturated heterocycles. The molecule has 0 atom stereocenters. The zero-order valence-corrected chi connectivity index (χ0v) is 13.1. The molecule has 0 aromatic heterocycles. The van der Waals surface area contributed by atoms with Crippen LogP contribution in [0.15, 0.2) is 18.2 Å². The second-order valence-electron chi connectivity index (χ2n) is 4.72. The molecule has 0 fully saturated rings. The van der Waals surface area contributed by atoms with E-state index in [2.05, 4.69) is 13.0 Å². The van der Waals surface area contributed by atoms with E-state index in [-0.39, 0.29) is 0 Å². The van der Waals surface area contributed by atoms with E-state index in [1.165, 1.54) is 5.56 Å². The summed E-state index contributed by atoms with van der Waals surface area (Å²) in [7, 11) is 1.65. The van der Waals surface area contributed by atoms with E-state index in [1.807, 2.05) is 12.1 Å². The zero-order chi connectivity index (χ0) is 15.3. The van der Waals surface area contributed by atoms with Crippen molar-refractivity contribution >= 4 is 0 Å². The summed E-state index contributed by atoms with van der Waals surface area (Å²) in [4.78, 5) is 0. The van der Waals surface area contributed by atoms with Crippen LogP contribution in [0, 0.1) is 6.92 Å². The molecular formula is C16H27NO4. The third kappa shape index (κ3) is 8.02. The summed E-state index contributed by atoms with van der Waals surface area (Å²) in [6.07, 6.45) is 0.825. The first kappa shape index (κ1) is 17.9. The normalized spacial score (nSPS) is 10.8. The van der Waals surface area contributed by atoms with Crippen molar-refractivity contribution in [1.82, 2.24) is 0 Å². The second kappa shape index (κ2) is 11.5. The molecule has 0 unspecified atom stereocenters. The van der Waals surface area contributed by atoms with Gasteiger partial charge in [-0.25, -0.2) is 0 Å². The zero-order valence-electron chi connectivity index (χ0n) is 13.1. The van der Waals surface area contributed by atoms with Crippen molar-refractivity contribution in [2.75, 3.05) is 53.3 Å². The molecule has 0 amide bonds. The van der Waals surface area contributed by atoms with Crippen molar-refractivity contribution in [3.05, 3.63) is 29.3 Å². The van der Waals surface area contributed by atoms with Crippen molar-refractivity contribution in [3.8, 4) is 5.75 Å². The van der Waals surface area contributed by atoms with E-state index in [0.717, 1.165) is 17.7 Å². The van der Waals surface area contributed by atoms with Crippen molar-refractivity contribution in [2.24, 2.45) is 5.73 Å². The van der Waals surface area contributed by atoms with Crippen LogP contribution in [-0.2, 0) is 20.6 Å². The minimum atomic E-state index is 0.526. The fourth-order valence-electron chi connectivity index (χ4n) is 1.87. The molecule has 0 saturated carbocycles. The highest BCUT2D eigenvalue weighted by atomic mass is 16.6. The van der Waals surface area contributed by atoms with Crippen LogP contribution in [0.2, 0.25) is 0 Å². The van der Waals surface area contributed by atoms with Crippen molar-refractivity contribution in [2.45, 2.75) is 13.3 Å². The molecule has 120 valence electrons. The lowest BCUT2D eigenvalue weighted by Crippen LogP contribution is -2.13. The van der Waals surface area contributed by atoms with Crippen LogP contribution in [0.25, 0.3) is 0 Å². The average molecular weight is 297 g/mol. The number of nitrogens with two attached hydrogens (primary N) is 1. The minimum absolute atomic E-state index is 0.526. The lowest BCUT2D eigenvalue weighted by atomic mass is 10.1. The maximum Gasteiger partial charge on any atom is 0.122 e. The molecule has 0 radical (unpaired) electrons. The van der Waals surface area contributed by atoms with Gasteiger partial charge < -0.3 is 24.7 Å². The molecule has 0 aliphatic rings. The Balaban J connectivity index is 2.15. The van der Waals surface area contributed by atoms with Crippen LogP contribution < -0.4 is 10.5 Å². The Morgan fingerprint density at radius 2 is 1.62 bits per heavy atom. The van der Waals surface area contributed by atoms with Gasteiger partial charge in [-0.15, -0.1) is 0 Å². The highest BCUT2D eigenvalue weighted by Crippen LogP contribution is 2.20. The van der Waals surface area contributed by atoms with E-state index < -0.39 is 0 Å². The molecule has 0 heterocycles. The summed E-state index contributed by atoms with van der Waals surface area (Å²) in [6, 6.07) is 6.15. The topological polar surface area (TPSA) is 62.9 Å². The van der Waals surface area contributed by atoms with Gasteiger partial charge >= 0.3 is 0 Å². The summed E-state index contributed by atoms with van der Waals surface area (Å²) < 4.78 is 21.4. The Labute approximate surface area is 127 Å². The van der Waals surface area contributed by atoms with Gasteiger partial charge in [-0.3, -0.25) is 0 Å². The number of ether oxygens (including phenoxy) is 4. The Kier molecular flexibility index (Phi) is 9.82. The van der Waals surface area contributed by atoms with Crippen LogP contribution >= 0.6 is 0 Å². The molecule has 5 heteroatoms. The van der Waals surface area contributed by atoms with Gasteiger partial charge in [-0.2, -0.15) is 0 Å². The van der Waals surface area contributed by atoms with Gasteiger partial charge in [0.2, 0.25) is 0 Å². The smallest absolute Gasteiger partial charge is 0.122 e. The van der Waals surface area contributed by atoms with Gasteiger partial charge in [0.25, 0.3) is 0 Å². The summed E-state index contributed by atoms with van der Waals surface area (Å²) in [5.74, 6) is 0.894. The van der Waals surface area contributed by atoms with Gasteiger partial charge in [0.05, 0.1) is 33.0 Å². The average Bonchev–Trinajstić information content (AvgIpc) is 2.48. The van der Waals surface area contributed by atoms with Crippen molar-refractivity contribution < 1.29 is 18.9 Å². The molecule has 1 aromatic rings. The monoisotopic (exact) mass is 297 g/mol. The van der Waals surface area contributed by atoms with Crippen molar-refractivity contribution in [1.29, 1.82) is 0 Å². The summed E-state index contributed by atoms with van der Waals surface area (Å²) in [5.41, 5.74) is 7.99. The molecule has 21 heavy (non-hydrogen) atoms. The van der Waals surface area contributed by atoms with Crippen LogP contribution in [0.1, 0.15) is 11.1 Å².